The lowest BCUT2D eigenvalue weighted by Crippen LogP contribution is -2.45. The lowest BCUT2D eigenvalue weighted by molar-refractivity contribution is -0.123. The van der Waals surface area contributed by atoms with Crippen LogP contribution in [0, 0.1) is 0 Å². The van der Waals surface area contributed by atoms with Gasteiger partial charge in [-0.25, -0.2) is 0 Å². The van der Waals surface area contributed by atoms with E-state index < -0.39 is 12.1 Å². The Kier molecular flexibility index (Phi) is 53.7. The van der Waals surface area contributed by atoms with Crippen LogP contribution in [0.3, 0.4) is 0 Å². The minimum absolute atomic E-state index is 0.0727. The van der Waals surface area contributed by atoms with E-state index in [1.54, 1.807) is 6.08 Å². The third-order valence-electron chi connectivity index (χ3n) is 13.4. The maximum Gasteiger partial charge on any atom is 0.220 e. The first-order valence-corrected chi connectivity index (χ1v) is 28.7. The first-order valence-electron chi connectivity index (χ1n) is 28.7. The van der Waals surface area contributed by atoms with E-state index in [0.29, 0.717) is 6.42 Å². The van der Waals surface area contributed by atoms with Gasteiger partial charge < -0.3 is 15.5 Å². The quantitative estimate of drug-likeness (QED) is 0.0421. The molecule has 0 radical (unpaired) electrons. The van der Waals surface area contributed by atoms with E-state index in [2.05, 4.69) is 43.5 Å². The molecular formula is C59H113NO3. The van der Waals surface area contributed by atoms with Crippen molar-refractivity contribution < 1.29 is 15.0 Å². The first kappa shape index (κ1) is 61.6. The van der Waals surface area contributed by atoms with Crippen LogP contribution in [0.25, 0.3) is 0 Å². The molecule has 63 heavy (non-hydrogen) atoms. The summed E-state index contributed by atoms with van der Waals surface area (Å²) in [5.74, 6) is -0.0727. The molecule has 0 saturated heterocycles. The fourth-order valence-electron chi connectivity index (χ4n) is 8.98. The molecule has 3 N–H and O–H groups in total. The highest BCUT2D eigenvalue weighted by Gasteiger charge is 2.18. The predicted molar refractivity (Wildman–Crippen MR) is 281 cm³/mol. The van der Waals surface area contributed by atoms with Gasteiger partial charge in [0, 0.05) is 6.42 Å². The Bertz CT molecular complexity index is 958. The molecule has 0 heterocycles. The van der Waals surface area contributed by atoms with Crippen LogP contribution in [0.5, 0.6) is 0 Å². The van der Waals surface area contributed by atoms with Gasteiger partial charge in [0.1, 0.15) is 0 Å². The highest BCUT2D eigenvalue weighted by atomic mass is 16.3. The number of amides is 1. The molecule has 0 aromatic carbocycles. The largest absolute Gasteiger partial charge is 0.394 e. The smallest absolute Gasteiger partial charge is 0.220 e. The molecule has 372 valence electrons. The number of rotatable bonds is 53. The molecule has 0 aromatic rings. The van der Waals surface area contributed by atoms with Crippen LogP contribution in [-0.4, -0.2) is 34.9 Å². The SMILES string of the molecule is CCCCCCCC/C=C/CC/C=C/CC/C=C/C(O)C(CO)NC(=O)CCCCCCCCCCCCCCCCCCCCCCCCCCCCCCCCCCCCC. The fourth-order valence-corrected chi connectivity index (χ4v) is 8.98. The van der Waals surface area contributed by atoms with Crippen molar-refractivity contribution in [1.82, 2.24) is 5.32 Å². The van der Waals surface area contributed by atoms with Crippen LogP contribution in [0.4, 0.5) is 0 Å². The Hall–Kier alpha value is -1.39. The molecular weight excluding hydrogens is 771 g/mol. The summed E-state index contributed by atoms with van der Waals surface area (Å²) in [6.45, 7) is 4.31. The Morgan fingerprint density at radius 3 is 0.921 bits per heavy atom. The van der Waals surface area contributed by atoms with Gasteiger partial charge in [0.05, 0.1) is 18.8 Å². The lowest BCUT2D eigenvalue weighted by Gasteiger charge is -2.19. The van der Waals surface area contributed by atoms with E-state index in [1.165, 1.54) is 257 Å². The fraction of sp³-hybridized carbons (Fsp3) is 0.881. The van der Waals surface area contributed by atoms with Crippen molar-refractivity contribution in [1.29, 1.82) is 0 Å². The Morgan fingerprint density at radius 2 is 0.619 bits per heavy atom. The molecule has 0 rings (SSSR count). The minimum Gasteiger partial charge on any atom is -0.394 e. The van der Waals surface area contributed by atoms with Crippen LogP contribution >= 0.6 is 0 Å². The molecule has 0 spiro atoms. The summed E-state index contributed by atoms with van der Waals surface area (Å²) < 4.78 is 0. The molecule has 4 heteroatoms. The predicted octanol–water partition coefficient (Wildman–Crippen LogP) is 18.9. The van der Waals surface area contributed by atoms with Crippen molar-refractivity contribution in [2.24, 2.45) is 0 Å². The average molecular weight is 885 g/mol. The van der Waals surface area contributed by atoms with Gasteiger partial charge in [0.15, 0.2) is 0 Å². The van der Waals surface area contributed by atoms with Gasteiger partial charge in [0.25, 0.3) is 0 Å². The van der Waals surface area contributed by atoms with Crippen LogP contribution in [-0.2, 0) is 4.79 Å². The maximum atomic E-state index is 12.4. The van der Waals surface area contributed by atoms with Crippen LogP contribution in [0.15, 0.2) is 36.5 Å². The van der Waals surface area contributed by atoms with Gasteiger partial charge in [-0.05, 0) is 44.9 Å². The first-order chi connectivity index (χ1) is 31.2. The van der Waals surface area contributed by atoms with Gasteiger partial charge >= 0.3 is 0 Å². The summed E-state index contributed by atoms with van der Waals surface area (Å²) >= 11 is 0. The molecule has 0 aliphatic heterocycles. The zero-order chi connectivity index (χ0) is 45.6. The number of hydrogen-bond acceptors (Lipinski definition) is 3. The van der Waals surface area contributed by atoms with Gasteiger partial charge in [-0.2, -0.15) is 0 Å². The molecule has 0 aromatic heterocycles. The molecule has 4 nitrogen and oxygen atoms in total. The molecule has 2 atom stereocenters. The van der Waals surface area contributed by atoms with E-state index in [-0.39, 0.29) is 12.5 Å². The summed E-state index contributed by atoms with van der Waals surface area (Å²) in [5.41, 5.74) is 0. The number of nitrogens with one attached hydrogen (secondary N) is 1. The van der Waals surface area contributed by atoms with Gasteiger partial charge in [0.2, 0.25) is 5.91 Å². The second-order valence-electron chi connectivity index (χ2n) is 19.7. The molecule has 0 fully saturated rings. The number of carbonyl (C=O) groups excluding carboxylic acids is 1. The number of unbranched alkanes of at least 4 members (excludes halogenated alkanes) is 42. The minimum atomic E-state index is -0.868. The van der Waals surface area contributed by atoms with Crippen molar-refractivity contribution in [3.63, 3.8) is 0 Å². The second-order valence-corrected chi connectivity index (χ2v) is 19.7. The van der Waals surface area contributed by atoms with Crippen molar-refractivity contribution in [3.05, 3.63) is 36.5 Å². The molecule has 1 amide bonds. The van der Waals surface area contributed by atoms with E-state index in [0.717, 1.165) is 38.5 Å². The molecule has 0 aliphatic rings. The van der Waals surface area contributed by atoms with Gasteiger partial charge in [-0.1, -0.05) is 301 Å². The monoisotopic (exact) mass is 884 g/mol. The van der Waals surface area contributed by atoms with E-state index in [1.807, 2.05) is 6.08 Å². The zero-order valence-electron chi connectivity index (χ0n) is 42.9. The number of carbonyl (C=O) groups is 1. The Morgan fingerprint density at radius 1 is 0.365 bits per heavy atom. The summed E-state index contributed by atoms with van der Waals surface area (Å²) in [6.07, 6.45) is 74.7. The number of aliphatic hydroxyl groups is 2. The summed E-state index contributed by atoms with van der Waals surface area (Å²) in [5, 5.41) is 23.1. The summed E-state index contributed by atoms with van der Waals surface area (Å²) in [7, 11) is 0. The van der Waals surface area contributed by atoms with Crippen molar-refractivity contribution in [2.45, 2.75) is 328 Å². The number of aliphatic hydroxyl groups excluding tert-OH is 2. The van der Waals surface area contributed by atoms with Gasteiger partial charge in [-0.15, -0.1) is 0 Å². The van der Waals surface area contributed by atoms with E-state index in [9.17, 15) is 15.0 Å². The maximum absolute atomic E-state index is 12.4. The highest BCUT2D eigenvalue weighted by molar-refractivity contribution is 5.76. The lowest BCUT2D eigenvalue weighted by atomic mass is 10.0. The summed E-state index contributed by atoms with van der Waals surface area (Å²) in [6, 6.07) is -0.643. The Labute approximate surface area is 395 Å². The third kappa shape index (κ3) is 51.5. The standard InChI is InChI=1S/C59H113NO3/c1-3-5-7-9-11-13-15-17-19-21-22-23-24-25-26-27-28-29-30-31-32-33-34-35-36-37-38-39-41-43-45-47-49-51-53-55-59(63)60-57(56-61)58(62)54-52-50-48-46-44-42-40-20-18-16-14-12-10-8-6-4-2/h18,20,44,46,52,54,57-58,61-62H,3-17,19,21-43,45,47-51,53,55-56H2,1-2H3,(H,60,63)/b20-18+,46-44+,54-52+. The number of hydrogen-bond donors (Lipinski definition) is 3. The van der Waals surface area contributed by atoms with Gasteiger partial charge in [-0.3, -0.25) is 4.79 Å². The molecule has 0 bridgehead atoms. The second kappa shape index (κ2) is 54.9. The van der Waals surface area contributed by atoms with Crippen LogP contribution in [0.1, 0.15) is 316 Å². The highest BCUT2D eigenvalue weighted by Crippen LogP contribution is 2.18. The molecule has 0 aliphatic carbocycles. The van der Waals surface area contributed by atoms with Crippen LogP contribution in [0.2, 0.25) is 0 Å². The van der Waals surface area contributed by atoms with E-state index >= 15 is 0 Å². The topological polar surface area (TPSA) is 69.6 Å². The van der Waals surface area contributed by atoms with Crippen molar-refractivity contribution in [2.75, 3.05) is 6.61 Å². The number of allylic oxidation sites excluding steroid dienone is 5. The zero-order valence-corrected chi connectivity index (χ0v) is 42.9. The normalized spacial score (nSPS) is 13.0. The van der Waals surface area contributed by atoms with Crippen molar-refractivity contribution in [3.8, 4) is 0 Å². The molecule has 0 saturated carbocycles. The summed E-state index contributed by atoms with van der Waals surface area (Å²) in [4.78, 5) is 12.4. The Balaban J connectivity index is 3.42. The van der Waals surface area contributed by atoms with E-state index in [4.69, 9.17) is 0 Å². The van der Waals surface area contributed by atoms with Crippen molar-refractivity contribution >= 4 is 5.91 Å². The average Bonchev–Trinajstić information content (AvgIpc) is 3.29. The third-order valence-corrected chi connectivity index (χ3v) is 13.4. The van der Waals surface area contributed by atoms with Crippen LogP contribution < -0.4 is 5.32 Å². The molecule has 2 unspecified atom stereocenters.